The molecule has 3 aromatic rings. The van der Waals surface area contributed by atoms with E-state index in [-0.39, 0.29) is 11.7 Å². The predicted molar refractivity (Wildman–Crippen MR) is 93.4 cm³/mol. The van der Waals surface area contributed by atoms with Crippen LogP contribution in [0.3, 0.4) is 0 Å². The molecule has 0 aliphatic rings. The second kappa shape index (κ2) is 7.74. The van der Waals surface area contributed by atoms with Crippen LogP contribution in [0.25, 0.3) is 5.69 Å². The number of rotatable bonds is 6. The molecule has 0 atom stereocenters. The third kappa shape index (κ3) is 4.22. The number of tetrazole rings is 1. The second-order valence-electron chi connectivity index (χ2n) is 5.13. The summed E-state index contributed by atoms with van der Waals surface area (Å²) in [5.41, 5.74) is 6.51. The van der Waals surface area contributed by atoms with Gasteiger partial charge in [0.25, 0.3) is 0 Å². The van der Waals surface area contributed by atoms with Crippen LogP contribution in [0.5, 0.6) is 0 Å². The maximum atomic E-state index is 13.3. The predicted octanol–water partition coefficient (Wildman–Crippen LogP) is 1.63. The molecule has 0 bridgehead atoms. The van der Waals surface area contributed by atoms with Gasteiger partial charge >= 0.3 is 0 Å². The Kier molecular flexibility index (Phi) is 5.23. The van der Waals surface area contributed by atoms with Crippen LogP contribution in [-0.2, 0) is 4.79 Å². The van der Waals surface area contributed by atoms with Crippen LogP contribution in [0.1, 0.15) is 10.4 Å². The van der Waals surface area contributed by atoms with Crippen LogP contribution in [0.15, 0.2) is 53.7 Å². The molecule has 8 nitrogen and oxygen atoms in total. The van der Waals surface area contributed by atoms with Crippen molar-refractivity contribution in [2.45, 2.75) is 5.16 Å². The standard InChI is InChI=1S/C16H13FN6O2S/c17-11-2-1-3-13(8-11)23-16(20-21-22-23)26-9-14(24)19-12-6-4-10(5-7-12)15(18)25/h1-8H,9H2,(H2,18,25)(H,19,24). The average Bonchev–Trinajstić information content (AvgIpc) is 3.09. The van der Waals surface area contributed by atoms with Crippen molar-refractivity contribution >= 4 is 29.3 Å². The van der Waals surface area contributed by atoms with Gasteiger partial charge in [0.05, 0.1) is 11.4 Å². The van der Waals surface area contributed by atoms with Gasteiger partial charge in [0.2, 0.25) is 17.0 Å². The summed E-state index contributed by atoms with van der Waals surface area (Å²) in [7, 11) is 0. The summed E-state index contributed by atoms with van der Waals surface area (Å²) in [6, 6.07) is 12.0. The zero-order valence-electron chi connectivity index (χ0n) is 13.3. The summed E-state index contributed by atoms with van der Waals surface area (Å²) in [6.07, 6.45) is 0. The highest BCUT2D eigenvalue weighted by Crippen LogP contribution is 2.19. The molecule has 0 saturated carbocycles. The number of nitrogens with two attached hydrogens (primary N) is 1. The summed E-state index contributed by atoms with van der Waals surface area (Å²) in [5.74, 6) is -1.18. The molecule has 3 rings (SSSR count). The molecule has 2 amide bonds. The molecule has 0 spiro atoms. The highest BCUT2D eigenvalue weighted by molar-refractivity contribution is 7.99. The maximum absolute atomic E-state index is 13.3. The summed E-state index contributed by atoms with van der Waals surface area (Å²) in [4.78, 5) is 23.1. The number of aromatic nitrogens is 4. The van der Waals surface area contributed by atoms with Crippen LogP contribution >= 0.6 is 11.8 Å². The third-order valence-electron chi connectivity index (χ3n) is 3.28. The number of carbonyl (C=O) groups is 2. The highest BCUT2D eigenvalue weighted by atomic mass is 32.2. The Morgan fingerprint density at radius 2 is 1.96 bits per heavy atom. The smallest absolute Gasteiger partial charge is 0.248 e. The number of benzene rings is 2. The number of hydrogen-bond acceptors (Lipinski definition) is 6. The SMILES string of the molecule is NC(=O)c1ccc(NC(=O)CSc2nnnn2-c2cccc(F)c2)cc1. The number of anilines is 1. The van der Waals surface area contributed by atoms with Crippen molar-refractivity contribution in [3.05, 3.63) is 59.9 Å². The van der Waals surface area contributed by atoms with E-state index in [0.29, 0.717) is 22.1 Å². The van der Waals surface area contributed by atoms with E-state index in [2.05, 4.69) is 20.8 Å². The van der Waals surface area contributed by atoms with Gasteiger partial charge < -0.3 is 11.1 Å². The van der Waals surface area contributed by atoms with Gasteiger partial charge in [-0.05, 0) is 52.9 Å². The molecule has 3 N–H and O–H groups in total. The molecular formula is C16H13FN6O2S. The van der Waals surface area contributed by atoms with Crippen LogP contribution in [0.2, 0.25) is 0 Å². The molecule has 10 heteroatoms. The second-order valence-corrected chi connectivity index (χ2v) is 6.07. The van der Waals surface area contributed by atoms with Crippen LogP contribution in [-0.4, -0.2) is 37.8 Å². The molecule has 26 heavy (non-hydrogen) atoms. The molecular weight excluding hydrogens is 359 g/mol. The summed E-state index contributed by atoms with van der Waals surface area (Å²) >= 11 is 1.11. The minimum Gasteiger partial charge on any atom is -0.366 e. The monoisotopic (exact) mass is 372 g/mol. The fourth-order valence-corrected chi connectivity index (χ4v) is 2.77. The van der Waals surface area contributed by atoms with Crippen LogP contribution in [0, 0.1) is 5.82 Å². The first-order valence-corrected chi connectivity index (χ1v) is 8.38. The van der Waals surface area contributed by atoms with E-state index in [1.807, 2.05) is 0 Å². The van der Waals surface area contributed by atoms with Crippen LogP contribution in [0.4, 0.5) is 10.1 Å². The first-order valence-electron chi connectivity index (χ1n) is 7.40. The first-order chi connectivity index (χ1) is 12.5. The van der Waals surface area contributed by atoms with Crippen molar-refractivity contribution in [3.8, 4) is 5.69 Å². The van der Waals surface area contributed by atoms with Gasteiger partial charge in [0, 0.05) is 11.3 Å². The summed E-state index contributed by atoms with van der Waals surface area (Å²) in [6.45, 7) is 0. The van der Waals surface area contributed by atoms with E-state index in [1.165, 1.54) is 28.9 Å². The Bertz CT molecular complexity index is 944. The molecule has 0 unspecified atom stereocenters. The Labute approximate surface area is 151 Å². The van der Waals surface area contributed by atoms with E-state index >= 15 is 0 Å². The lowest BCUT2D eigenvalue weighted by molar-refractivity contribution is -0.113. The van der Waals surface area contributed by atoms with Gasteiger partial charge in [-0.15, -0.1) is 5.10 Å². The molecule has 0 saturated heterocycles. The lowest BCUT2D eigenvalue weighted by Gasteiger charge is -2.06. The molecule has 1 heterocycles. The topological polar surface area (TPSA) is 116 Å². The normalized spacial score (nSPS) is 10.5. The molecule has 132 valence electrons. The van der Waals surface area contributed by atoms with Gasteiger partial charge in [0.15, 0.2) is 0 Å². The number of nitrogens with zero attached hydrogens (tertiary/aromatic N) is 4. The van der Waals surface area contributed by atoms with E-state index in [1.54, 1.807) is 24.3 Å². The van der Waals surface area contributed by atoms with Crippen molar-refractivity contribution in [1.29, 1.82) is 0 Å². The van der Waals surface area contributed by atoms with Gasteiger partial charge in [-0.25, -0.2) is 4.39 Å². The lowest BCUT2D eigenvalue weighted by Crippen LogP contribution is -2.15. The highest BCUT2D eigenvalue weighted by Gasteiger charge is 2.12. The average molecular weight is 372 g/mol. The number of thioether (sulfide) groups is 1. The number of halogens is 1. The number of carbonyl (C=O) groups excluding carboxylic acids is 2. The number of primary amides is 1. The molecule has 0 aliphatic carbocycles. The zero-order valence-corrected chi connectivity index (χ0v) is 14.1. The Hall–Kier alpha value is -3.27. The lowest BCUT2D eigenvalue weighted by atomic mass is 10.2. The quantitative estimate of drug-likeness (QED) is 0.636. The first kappa shape index (κ1) is 17.5. The van der Waals surface area contributed by atoms with Gasteiger partial charge in [-0.1, -0.05) is 17.8 Å². The maximum Gasteiger partial charge on any atom is 0.248 e. The van der Waals surface area contributed by atoms with Gasteiger partial charge in [-0.2, -0.15) is 4.68 Å². The van der Waals surface area contributed by atoms with Gasteiger partial charge in [-0.3, -0.25) is 9.59 Å². The van der Waals surface area contributed by atoms with Crippen molar-refractivity contribution < 1.29 is 14.0 Å². The van der Waals surface area contributed by atoms with Gasteiger partial charge in [0.1, 0.15) is 5.82 Å². The number of amides is 2. The van der Waals surface area contributed by atoms with E-state index in [0.717, 1.165) is 11.8 Å². The van der Waals surface area contributed by atoms with Crippen molar-refractivity contribution in [2.24, 2.45) is 5.73 Å². The molecule has 0 aliphatic heterocycles. The zero-order chi connectivity index (χ0) is 18.5. The Morgan fingerprint density at radius 3 is 2.65 bits per heavy atom. The number of hydrogen-bond donors (Lipinski definition) is 2. The third-order valence-corrected chi connectivity index (χ3v) is 4.20. The van der Waals surface area contributed by atoms with Crippen molar-refractivity contribution in [3.63, 3.8) is 0 Å². The summed E-state index contributed by atoms with van der Waals surface area (Å²) < 4.78 is 14.7. The van der Waals surface area contributed by atoms with Crippen molar-refractivity contribution in [2.75, 3.05) is 11.1 Å². The molecule has 2 aromatic carbocycles. The van der Waals surface area contributed by atoms with Crippen molar-refractivity contribution in [1.82, 2.24) is 20.2 Å². The summed E-state index contributed by atoms with van der Waals surface area (Å²) in [5, 5.41) is 14.3. The van der Waals surface area contributed by atoms with Crippen LogP contribution < -0.4 is 11.1 Å². The van der Waals surface area contributed by atoms with E-state index in [9.17, 15) is 14.0 Å². The minimum atomic E-state index is -0.539. The molecule has 1 aromatic heterocycles. The molecule has 0 radical (unpaired) electrons. The van der Waals surface area contributed by atoms with E-state index < -0.39 is 11.7 Å². The Morgan fingerprint density at radius 1 is 1.19 bits per heavy atom. The fraction of sp³-hybridized carbons (Fsp3) is 0.0625. The minimum absolute atomic E-state index is 0.0489. The largest absolute Gasteiger partial charge is 0.366 e. The van der Waals surface area contributed by atoms with E-state index in [4.69, 9.17) is 5.73 Å². The number of nitrogens with one attached hydrogen (secondary N) is 1. The Balaban J connectivity index is 1.62. The fourth-order valence-electron chi connectivity index (χ4n) is 2.08. The molecule has 0 fully saturated rings.